The number of rotatable bonds is 8. The number of carboxylic acids is 1. The zero-order valence-corrected chi connectivity index (χ0v) is 17.8. The molecule has 4 rings (SSSR count). The minimum Gasteiger partial charge on any atom is -0.494 e. The molecule has 0 saturated heterocycles. The molecule has 0 aliphatic heterocycles. The van der Waals surface area contributed by atoms with Crippen molar-refractivity contribution in [3.8, 4) is 22.6 Å². The van der Waals surface area contributed by atoms with Crippen LogP contribution in [0.1, 0.15) is 48.8 Å². The van der Waals surface area contributed by atoms with E-state index in [-0.39, 0.29) is 12.3 Å². The molecule has 31 heavy (non-hydrogen) atoms. The summed E-state index contributed by atoms with van der Waals surface area (Å²) in [7, 11) is 0. The Morgan fingerprint density at radius 2 is 1.77 bits per heavy atom. The molecule has 4 heteroatoms. The second kappa shape index (κ2) is 9.69. The lowest BCUT2D eigenvalue weighted by Gasteiger charge is -2.25. The molecule has 3 aromatic rings. The predicted octanol–water partition coefficient (Wildman–Crippen LogP) is 6.23. The summed E-state index contributed by atoms with van der Waals surface area (Å²) in [5, 5.41) is 9.22. The van der Waals surface area contributed by atoms with Gasteiger partial charge in [0.15, 0.2) is 0 Å². The molecule has 0 radical (unpaired) electrons. The molecule has 3 aromatic carbocycles. The monoisotopic (exact) mass is 416 g/mol. The van der Waals surface area contributed by atoms with Crippen LogP contribution in [-0.4, -0.2) is 17.7 Å². The SMILES string of the molecule is CCOc1cccc(-c2ccc(COc3ccc4c(c3)C(CC(=O)O)CCC4)cc2)c1. The fourth-order valence-corrected chi connectivity index (χ4v) is 4.28. The molecular formula is C27H28O4. The van der Waals surface area contributed by atoms with Gasteiger partial charge in [-0.15, -0.1) is 0 Å². The first-order chi connectivity index (χ1) is 15.1. The number of hydrogen-bond acceptors (Lipinski definition) is 3. The molecule has 1 N–H and O–H groups in total. The van der Waals surface area contributed by atoms with Gasteiger partial charge in [-0.3, -0.25) is 4.79 Å². The second-order valence-electron chi connectivity index (χ2n) is 7.99. The third-order valence-corrected chi connectivity index (χ3v) is 5.81. The Labute approximate surface area is 183 Å². The van der Waals surface area contributed by atoms with Crippen LogP contribution in [0.4, 0.5) is 0 Å². The third-order valence-electron chi connectivity index (χ3n) is 5.81. The molecule has 4 nitrogen and oxygen atoms in total. The minimum absolute atomic E-state index is 0.0801. The Bertz CT molecular complexity index is 1040. The summed E-state index contributed by atoms with van der Waals surface area (Å²) in [6.45, 7) is 3.11. The number of hydrogen-bond donors (Lipinski definition) is 1. The number of fused-ring (bicyclic) bond motifs is 1. The van der Waals surface area contributed by atoms with Crippen molar-refractivity contribution in [3.63, 3.8) is 0 Å². The number of carboxylic acid groups (broad SMARTS) is 1. The van der Waals surface area contributed by atoms with E-state index in [0.717, 1.165) is 53.0 Å². The van der Waals surface area contributed by atoms with Crippen LogP contribution in [0.15, 0.2) is 66.7 Å². The lowest BCUT2D eigenvalue weighted by Crippen LogP contribution is -2.13. The van der Waals surface area contributed by atoms with Gasteiger partial charge < -0.3 is 14.6 Å². The maximum atomic E-state index is 11.2. The number of ether oxygens (including phenoxy) is 2. The average molecular weight is 417 g/mol. The maximum Gasteiger partial charge on any atom is 0.303 e. The van der Waals surface area contributed by atoms with Crippen molar-refractivity contribution >= 4 is 5.97 Å². The van der Waals surface area contributed by atoms with E-state index in [2.05, 4.69) is 42.5 Å². The van der Waals surface area contributed by atoms with Gasteiger partial charge >= 0.3 is 5.97 Å². The highest BCUT2D eigenvalue weighted by Gasteiger charge is 2.23. The number of carbonyl (C=O) groups is 1. The molecule has 160 valence electrons. The van der Waals surface area contributed by atoms with Gasteiger partial charge in [0.25, 0.3) is 0 Å². The van der Waals surface area contributed by atoms with Crippen LogP contribution in [-0.2, 0) is 17.8 Å². The molecule has 0 spiro atoms. The summed E-state index contributed by atoms with van der Waals surface area (Å²) >= 11 is 0. The summed E-state index contributed by atoms with van der Waals surface area (Å²) in [4.78, 5) is 11.2. The molecule has 0 bridgehead atoms. The first-order valence-corrected chi connectivity index (χ1v) is 10.9. The van der Waals surface area contributed by atoms with Crippen LogP contribution >= 0.6 is 0 Å². The minimum atomic E-state index is -0.740. The van der Waals surface area contributed by atoms with E-state index in [0.29, 0.717) is 13.2 Å². The van der Waals surface area contributed by atoms with Gasteiger partial charge in [-0.05, 0) is 84.2 Å². The maximum absolute atomic E-state index is 11.2. The first kappa shape index (κ1) is 21.0. The molecule has 0 amide bonds. The van der Waals surface area contributed by atoms with E-state index in [9.17, 15) is 9.90 Å². The molecule has 1 atom stereocenters. The standard InChI is InChI=1S/C27H28O4/c1-2-30-24-8-4-6-22(15-24)20-11-9-19(10-12-20)18-31-25-14-13-21-5-3-7-23(16-27(28)29)26(21)17-25/h4,6,8-15,17,23H,2-3,5,7,16,18H2,1H3,(H,28,29). The van der Waals surface area contributed by atoms with Crippen molar-refractivity contribution < 1.29 is 19.4 Å². The van der Waals surface area contributed by atoms with Gasteiger partial charge in [-0.25, -0.2) is 0 Å². The van der Waals surface area contributed by atoms with Gasteiger partial charge in [0.1, 0.15) is 18.1 Å². The molecule has 0 aromatic heterocycles. The lowest BCUT2D eigenvalue weighted by atomic mass is 9.81. The van der Waals surface area contributed by atoms with Crippen LogP contribution in [0.3, 0.4) is 0 Å². The fraction of sp³-hybridized carbons (Fsp3) is 0.296. The zero-order chi connectivity index (χ0) is 21.6. The van der Waals surface area contributed by atoms with Gasteiger partial charge in [0.05, 0.1) is 13.0 Å². The largest absolute Gasteiger partial charge is 0.494 e. The van der Waals surface area contributed by atoms with Crippen molar-refractivity contribution in [1.82, 2.24) is 0 Å². The van der Waals surface area contributed by atoms with Gasteiger partial charge in [0.2, 0.25) is 0 Å². The molecule has 0 heterocycles. The highest BCUT2D eigenvalue weighted by molar-refractivity contribution is 5.68. The zero-order valence-electron chi connectivity index (χ0n) is 17.8. The van der Waals surface area contributed by atoms with E-state index in [1.807, 2.05) is 31.2 Å². The Morgan fingerprint density at radius 3 is 2.55 bits per heavy atom. The Kier molecular flexibility index (Phi) is 6.56. The van der Waals surface area contributed by atoms with Crippen LogP contribution < -0.4 is 9.47 Å². The molecule has 0 saturated carbocycles. The smallest absolute Gasteiger partial charge is 0.303 e. The number of aliphatic carboxylic acids is 1. The Balaban J connectivity index is 1.43. The fourth-order valence-electron chi connectivity index (χ4n) is 4.28. The average Bonchev–Trinajstić information content (AvgIpc) is 2.78. The van der Waals surface area contributed by atoms with Crippen LogP contribution in [0, 0.1) is 0 Å². The van der Waals surface area contributed by atoms with Gasteiger partial charge in [-0.2, -0.15) is 0 Å². The summed E-state index contributed by atoms with van der Waals surface area (Å²) in [5.74, 6) is 1.01. The number of aryl methyl sites for hydroxylation is 1. The normalized spacial score (nSPS) is 15.2. The highest BCUT2D eigenvalue weighted by atomic mass is 16.5. The quantitative estimate of drug-likeness (QED) is 0.473. The van der Waals surface area contributed by atoms with E-state index in [1.54, 1.807) is 0 Å². The van der Waals surface area contributed by atoms with Crippen LogP contribution in [0.25, 0.3) is 11.1 Å². The molecule has 1 aliphatic rings. The summed E-state index contributed by atoms with van der Waals surface area (Å²) in [5.41, 5.74) is 5.73. The van der Waals surface area contributed by atoms with Crippen LogP contribution in [0.5, 0.6) is 11.5 Å². The van der Waals surface area contributed by atoms with E-state index >= 15 is 0 Å². The van der Waals surface area contributed by atoms with Crippen molar-refractivity contribution in [2.45, 2.75) is 45.1 Å². The van der Waals surface area contributed by atoms with E-state index in [4.69, 9.17) is 9.47 Å². The van der Waals surface area contributed by atoms with E-state index in [1.165, 1.54) is 5.56 Å². The topological polar surface area (TPSA) is 55.8 Å². The first-order valence-electron chi connectivity index (χ1n) is 10.9. The molecule has 1 unspecified atom stereocenters. The summed E-state index contributed by atoms with van der Waals surface area (Å²) < 4.78 is 11.6. The van der Waals surface area contributed by atoms with Crippen molar-refractivity contribution in [3.05, 3.63) is 83.4 Å². The van der Waals surface area contributed by atoms with Crippen molar-refractivity contribution in [2.75, 3.05) is 6.61 Å². The van der Waals surface area contributed by atoms with Gasteiger partial charge in [0, 0.05) is 0 Å². The van der Waals surface area contributed by atoms with Gasteiger partial charge in [-0.1, -0.05) is 42.5 Å². The van der Waals surface area contributed by atoms with Crippen molar-refractivity contribution in [1.29, 1.82) is 0 Å². The summed E-state index contributed by atoms with van der Waals surface area (Å²) in [6.07, 6.45) is 3.17. The summed E-state index contributed by atoms with van der Waals surface area (Å²) in [6, 6.07) is 22.6. The molecular weight excluding hydrogens is 388 g/mol. The Hall–Kier alpha value is -3.27. The number of benzene rings is 3. The highest BCUT2D eigenvalue weighted by Crippen LogP contribution is 2.36. The predicted molar refractivity (Wildman–Crippen MR) is 122 cm³/mol. The second-order valence-corrected chi connectivity index (χ2v) is 7.99. The third kappa shape index (κ3) is 5.26. The van der Waals surface area contributed by atoms with E-state index < -0.39 is 5.97 Å². The Morgan fingerprint density at radius 1 is 0.968 bits per heavy atom. The molecule has 0 fully saturated rings. The van der Waals surface area contributed by atoms with Crippen molar-refractivity contribution in [2.24, 2.45) is 0 Å². The van der Waals surface area contributed by atoms with Crippen LogP contribution in [0.2, 0.25) is 0 Å². The molecule has 1 aliphatic carbocycles. The lowest BCUT2D eigenvalue weighted by molar-refractivity contribution is -0.137.